The lowest BCUT2D eigenvalue weighted by atomic mass is 10.0. The van der Waals surface area contributed by atoms with Gasteiger partial charge in [-0.15, -0.1) is 0 Å². The van der Waals surface area contributed by atoms with Gasteiger partial charge in [0.05, 0.1) is 5.69 Å². The first-order chi connectivity index (χ1) is 8.18. The van der Waals surface area contributed by atoms with Gasteiger partial charge in [-0.1, -0.05) is 42.5 Å². The third-order valence-corrected chi connectivity index (χ3v) is 2.43. The van der Waals surface area contributed by atoms with Crippen molar-refractivity contribution >= 4 is 11.6 Å². The molecule has 3 heteroatoms. The van der Waals surface area contributed by atoms with Crippen LogP contribution in [0.4, 0.5) is 5.69 Å². The lowest BCUT2D eigenvalue weighted by Gasteiger charge is -2.09. The molecule has 3 nitrogen and oxygen atoms in total. The van der Waals surface area contributed by atoms with Gasteiger partial charge in [-0.2, -0.15) is 0 Å². The van der Waals surface area contributed by atoms with Gasteiger partial charge in [-0.25, -0.2) is 0 Å². The first-order valence-electron chi connectivity index (χ1n) is 5.33. The Morgan fingerprint density at radius 1 is 1.06 bits per heavy atom. The molecule has 0 radical (unpaired) electrons. The first kappa shape index (κ1) is 11.2. The van der Waals surface area contributed by atoms with Crippen LogP contribution in [0.2, 0.25) is 0 Å². The van der Waals surface area contributed by atoms with Gasteiger partial charge >= 0.3 is 0 Å². The van der Waals surface area contributed by atoms with E-state index in [1.807, 2.05) is 36.4 Å². The van der Waals surface area contributed by atoms with Crippen LogP contribution in [0.15, 0.2) is 48.5 Å². The number of para-hydroxylation sites is 1. The molecule has 0 bridgehead atoms. The van der Waals surface area contributed by atoms with Gasteiger partial charge in [-0.05, 0) is 11.6 Å². The molecular formula is C14H13NO2. The number of benzene rings is 2. The standard InChI is InChI=1S/C14H13NO2/c1-10(16)15-13-9-5-8-12(14(13)17)11-6-3-2-4-7-11/h2-9,17H,1H3,(H,15,16). The average molecular weight is 227 g/mol. The molecule has 0 unspecified atom stereocenters. The Kier molecular flexibility index (Phi) is 3.10. The number of carbonyl (C=O) groups excluding carboxylic acids is 1. The third-order valence-electron chi connectivity index (χ3n) is 2.43. The van der Waals surface area contributed by atoms with E-state index in [0.29, 0.717) is 11.3 Å². The zero-order chi connectivity index (χ0) is 12.3. The molecule has 0 aliphatic carbocycles. The summed E-state index contributed by atoms with van der Waals surface area (Å²) in [6, 6.07) is 14.8. The first-order valence-corrected chi connectivity index (χ1v) is 5.33. The van der Waals surface area contributed by atoms with Gasteiger partial charge in [0.25, 0.3) is 0 Å². The van der Waals surface area contributed by atoms with E-state index in [9.17, 15) is 9.90 Å². The van der Waals surface area contributed by atoms with Crippen molar-refractivity contribution in [3.63, 3.8) is 0 Å². The fourth-order valence-corrected chi connectivity index (χ4v) is 1.68. The van der Waals surface area contributed by atoms with Crippen LogP contribution in [0, 0.1) is 0 Å². The minimum atomic E-state index is -0.203. The second kappa shape index (κ2) is 4.70. The monoisotopic (exact) mass is 227 g/mol. The molecule has 17 heavy (non-hydrogen) atoms. The van der Waals surface area contributed by atoms with Crippen LogP contribution in [0.25, 0.3) is 11.1 Å². The molecule has 0 saturated heterocycles. The van der Waals surface area contributed by atoms with Crippen molar-refractivity contribution < 1.29 is 9.90 Å². The number of rotatable bonds is 2. The summed E-state index contributed by atoms with van der Waals surface area (Å²) in [4.78, 5) is 11.0. The second-order valence-electron chi connectivity index (χ2n) is 3.75. The highest BCUT2D eigenvalue weighted by Crippen LogP contribution is 2.35. The van der Waals surface area contributed by atoms with E-state index in [4.69, 9.17) is 0 Å². The molecule has 0 heterocycles. The molecule has 0 fully saturated rings. The van der Waals surface area contributed by atoms with E-state index in [-0.39, 0.29) is 11.7 Å². The number of anilines is 1. The highest BCUT2D eigenvalue weighted by atomic mass is 16.3. The van der Waals surface area contributed by atoms with Crippen LogP contribution in [0.3, 0.4) is 0 Å². The molecule has 1 amide bonds. The van der Waals surface area contributed by atoms with E-state index in [2.05, 4.69) is 5.32 Å². The van der Waals surface area contributed by atoms with Crippen LogP contribution in [-0.2, 0) is 4.79 Å². The average Bonchev–Trinajstić information content (AvgIpc) is 2.32. The fourth-order valence-electron chi connectivity index (χ4n) is 1.68. The number of aromatic hydroxyl groups is 1. The molecule has 0 saturated carbocycles. The second-order valence-corrected chi connectivity index (χ2v) is 3.75. The number of amides is 1. The van der Waals surface area contributed by atoms with E-state index in [1.54, 1.807) is 12.1 Å². The number of phenols is 1. The Balaban J connectivity index is 2.46. The maximum atomic E-state index is 11.0. The number of hydrogen-bond acceptors (Lipinski definition) is 2. The number of carbonyl (C=O) groups is 1. The van der Waals surface area contributed by atoms with Crippen LogP contribution < -0.4 is 5.32 Å². The Hall–Kier alpha value is -2.29. The van der Waals surface area contributed by atoms with Crippen molar-refractivity contribution in [3.8, 4) is 16.9 Å². The van der Waals surface area contributed by atoms with Crippen molar-refractivity contribution in [2.75, 3.05) is 5.32 Å². The smallest absolute Gasteiger partial charge is 0.221 e. The van der Waals surface area contributed by atoms with Gasteiger partial charge in [0.15, 0.2) is 0 Å². The quantitative estimate of drug-likeness (QED) is 0.775. The SMILES string of the molecule is CC(=O)Nc1cccc(-c2ccccc2)c1O. The zero-order valence-corrected chi connectivity index (χ0v) is 9.47. The number of nitrogens with one attached hydrogen (secondary N) is 1. The fraction of sp³-hybridized carbons (Fsp3) is 0.0714. The van der Waals surface area contributed by atoms with Crippen LogP contribution in [0.5, 0.6) is 5.75 Å². The molecule has 2 N–H and O–H groups in total. The minimum absolute atomic E-state index is 0.0916. The van der Waals surface area contributed by atoms with Crippen LogP contribution in [0.1, 0.15) is 6.92 Å². The largest absolute Gasteiger partial charge is 0.505 e. The summed E-state index contributed by atoms with van der Waals surface area (Å²) in [5.74, 6) is -0.112. The van der Waals surface area contributed by atoms with E-state index < -0.39 is 0 Å². The highest BCUT2D eigenvalue weighted by molar-refractivity contribution is 5.92. The van der Waals surface area contributed by atoms with Crippen LogP contribution >= 0.6 is 0 Å². The summed E-state index contributed by atoms with van der Waals surface area (Å²) < 4.78 is 0. The zero-order valence-electron chi connectivity index (χ0n) is 9.47. The van der Waals surface area contributed by atoms with Crippen molar-refractivity contribution in [2.24, 2.45) is 0 Å². The maximum absolute atomic E-state index is 11.0. The molecule has 2 aromatic carbocycles. The number of hydrogen-bond donors (Lipinski definition) is 2. The summed E-state index contributed by atoms with van der Waals surface area (Å²) in [5.41, 5.74) is 2.05. The summed E-state index contributed by atoms with van der Waals surface area (Å²) >= 11 is 0. The Morgan fingerprint density at radius 3 is 2.41 bits per heavy atom. The van der Waals surface area contributed by atoms with Crippen LogP contribution in [-0.4, -0.2) is 11.0 Å². The van der Waals surface area contributed by atoms with E-state index in [0.717, 1.165) is 5.56 Å². The lowest BCUT2D eigenvalue weighted by Crippen LogP contribution is -2.05. The van der Waals surface area contributed by atoms with Crippen molar-refractivity contribution in [3.05, 3.63) is 48.5 Å². The molecule has 0 aliphatic rings. The molecular weight excluding hydrogens is 214 g/mol. The molecule has 0 aromatic heterocycles. The Bertz CT molecular complexity index is 535. The summed E-state index contributed by atoms with van der Waals surface area (Å²) in [5, 5.41) is 12.7. The van der Waals surface area contributed by atoms with Gasteiger partial charge in [0, 0.05) is 12.5 Å². The molecule has 0 atom stereocenters. The summed E-state index contributed by atoms with van der Waals surface area (Å²) in [7, 11) is 0. The summed E-state index contributed by atoms with van der Waals surface area (Å²) in [6.45, 7) is 1.41. The Morgan fingerprint density at radius 2 is 1.76 bits per heavy atom. The van der Waals surface area contributed by atoms with Crippen molar-refractivity contribution in [1.29, 1.82) is 0 Å². The summed E-state index contributed by atoms with van der Waals surface area (Å²) in [6.07, 6.45) is 0. The molecule has 2 aromatic rings. The molecule has 86 valence electrons. The minimum Gasteiger partial charge on any atom is -0.505 e. The lowest BCUT2D eigenvalue weighted by molar-refractivity contribution is -0.114. The van der Waals surface area contributed by atoms with Gasteiger partial charge in [0.2, 0.25) is 5.91 Å². The van der Waals surface area contributed by atoms with Gasteiger partial charge < -0.3 is 10.4 Å². The predicted molar refractivity (Wildman–Crippen MR) is 67.8 cm³/mol. The van der Waals surface area contributed by atoms with Crippen molar-refractivity contribution in [2.45, 2.75) is 6.92 Å². The van der Waals surface area contributed by atoms with Gasteiger partial charge in [0.1, 0.15) is 5.75 Å². The maximum Gasteiger partial charge on any atom is 0.221 e. The highest BCUT2D eigenvalue weighted by Gasteiger charge is 2.09. The van der Waals surface area contributed by atoms with Gasteiger partial charge in [-0.3, -0.25) is 4.79 Å². The van der Waals surface area contributed by atoms with Crippen molar-refractivity contribution in [1.82, 2.24) is 0 Å². The number of phenolic OH excluding ortho intramolecular Hbond substituents is 1. The van der Waals surface area contributed by atoms with E-state index >= 15 is 0 Å². The van der Waals surface area contributed by atoms with E-state index in [1.165, 1.54) is 6.92 Å². The topological polar surface area (TPSA) is 49.3 Å². The Labute approximate surface area is 99.7 Å². The molecule has 0 spiro atoms. The normalized spacial score (nSPS) is 9.94. The molecule has 2 rings (SSSR count). The third kappa shape index (κ3) is 2.45. The molecule has 0 aliphatic heterocycles. The predicted octanol–water partition coefficient (Wildman–Crippen LogP) is 3.02.